The number of hydrogen-bond acceptors (Lipinski definition) is 5. The van der Waals surface area contributed by atoms with Crippen molar-refractivity contribution in [3.05, 3.63) is 54.2 Å². The van der Waals surface area contributed by atoms with Crippen LogP contribution in [0.15, 0.2) is 48.7 Å². The molecule has 0 atom stereocenters. The first kappa shape index (κ1) is 17.5. The molecule has 1 aromatic heterocycles. The first-order valence-corrected chi connectivity index (χ1v) is 8.40. The molecule has 0 saturated carbocycles. The number of pyridine rings is 1. The standard InChI is InChI=1S/C20H20N2O4/c1-3-25-17-9-14-11-19(21-12-15(14)10-18(17)26-4-2)22-16-7-5-13(6-8-16)20(23)24/h5-12H,3-4H2,1-2H3,(H,21,22)(H,23,24). The predicted octanol–water partition coefficient (Wildman–Crippen LogP) is 4.47. The van der Waals surface area contributed by atoms with Crippen LogP contribution in [-0.4, -0.2) is 29.3 Å². The number of anilines is 2. The largest absolute Gasteiger partial charge is 0.490 e. The van der Waals surface area contributed by atoms with Gasteiger partial charge in [-0.1, -0.05) is 0 Å². The van der Waals surface area contributed by atoms with Crippen molar-refractivity contribution in [1.82, 2.24) is 4.98 Å². The van der Waals surface area contributed by atoms with Crippen molar-refractivity contribution in [1.29, 1.82) is 0 Å². The SMILES string of the molecule is CCOc1cc2cnc(Nc3ccc(C(=O)O)cc3)cc2cc1OCC. The summed E-state index contributed by atoms with van der Waals surface area (Å²) in [7, 11) is 0. The van der Waals surface area contributed by atoms with E-state index in [1.807, 2.05) is 32.0 Å². The predicted molar refractivity (Wildman–Crippen MR) is 101 cm³/mol. The Morgan fingerprint density at radius 1 is 1.00 bits per heavy atom. The molecule has 0 bridgehead atoms. The van der Waals surface area contributed by atoms with E-state index in [0.717, 1.165) is 16.5 Å². The first-order valence-electron chi connectivity index (χ1n) is 8.40. The highest BCUT2D eigenvalue weighted by Gasteiger charge is 2.09. The van der Waals surface area contributed by atoms with E-state index in [2.05, 4.69) is 10.3 Å². The minimum Gasteiger partial charge on any atom is -0.490 e. The van der Waals surface area contributed by atoms with E-state index in [9.17, 15) is 4.79 Å². The van der Waals surface area contributed by atoms with Crippen LogP contribution in [0.25, 0.3) is 10.8 Å². The summed E-state index contributed by atoms with van der Waals surface area (Å²) in [5.41, 5.74) is 1.00. The highest BCUT2D eigenvalue weighted by Crippen LogP contribution is 2.33. The molecule has 2 N–H and O–H groups in total. The van der Waals surface area contributed by atoms with E-state index in [1.165, 1.54) is 0 Å². The Labute approximate surface area is 151 Å². The zero-order valence-electron chi connectivity index (χ0n) is 14.7. The number of aromatic nitrogens is 1. The monoisotopic (exact) mass is 352 g/mol. The maximum Gasteiger partial charge on any atom is 0.335 e. The Balaban J connectivity index is 1.90. The summed E-state index contributed by atoms with van der Waals surface area (Å²) in [6.07, 6.45) is 1.77. The molecule has 1 heterocycles. The number of carboxylic acids is 1. The third-order valence-electron chi connectivity index (χ3n) is 3.79. The zero-order chi connectivity index (χ0) is 18.5. The first-order chi connectivity index (χ1) is 12.6. The molecule has 3 aromatic rings. The topological polar surface area (TPSA) is 80.7 Å². The van der Waals surface area contributed by atoms with E-state index in [1.54, 1.807) is 30.5 Å². The van der Waals surface area contributed by atoms with Crippen LogP contribution in [0.5, 0.6) is 11.5 Å². The van der Waals surface area contributed by atoms with Crippen LogP contribution < -0.4 is 14.8 Å². The average molecular weight is 352 g/mol. The lowest BCUT2D eigenvalue weighted by Gasteiger charge is -2.13. The van der Waals surface area contributed by atoms with Gasteiger partial charge in [-0.2, -0.15) is 0 Å². The highest BCUT2D eigenvalue weighted by molar-refractivity contribution is 5.89. The summed E-state index contributed by atoms with van der Waals surface area (Å²) in [6.45, 7) is 4.98. The van der Waals surface area contributed by atoms with E-state index >= 15 is 0 Å². The molecular formula is C20H20N2O4. The van der Waals surface area contributed by atoms with Crippen LogP contribution >= 0.6 is 0 Å². The third kappa shape index (κ3) is 3.85. The molecule has 134 valence electrons. The van der Waals surface area contributed by atoms with Gasteiger partial charge in [0, 0.05) is 17.3 Å². The van der Waals surface area contributed by atoms with Gasteiger partial charge in [-0.25, -0.2) is 9.78 Å². The Morgan fingerprint density at radius 2 is 1.62 bits per heavy atom. The van der Waals surface area contributed by atoms with Crippen LogP contribution in [0.1, 0.15) is 24.2 Å². The average Bonchev–Trinajstić information content (AvgIpc) is 2.63. The Morgan fingerprint density at radius 3 is 2.19 bits per heavy atom. The van der Waals surface area contributed by atoms with Crippen LogP contribution in [0, 0.1) is 0 Å². The molecule has 3 rings (SSSR count). The van der Waals surface area contributed by atoms with Crippen molar-refractivity contribution in [3.63, 3.8) is 0 Å². The van der Waals surface area contributed by atoms with Gasteiger partial charge >= 0.3 is 5.97 Å². The fourth-order valence-corrected chi connectivity index (χ4v) is 2.60. The highest BCUT2D eigenvalue weighted by atomic mass is 16.5. The van der Waals surface area contributed by atoms with Crippen molar-refractivity contribution < 1.29 is 19.4 Å². The molecule has 0 spiro atoms. The van der Waals surface area contributed by atoms with Crippen molar-refractivity contribution >= 4 is 28.2 Å². The molecule has 0 amide bonds. The quantitative estimate of drug-likeness (QED) is 0.653. The number of carbonyl (C=O) groups is 1. The van der Waals surface area contributed by atoms with Gasteiger partial charge < -0.3 is 19.9 Å². The second-order valence-electron chi connectivity index (χ2n) is 5.59. The molecule has 26 heavy (non-hydrogen) atoms. The summed E-state index contributed by atoms with van der Waals surface area (Å²) in [4.78, 5) is 15.3. The van der Waals surface area contributed by atoms with Crippen molar-refractivity contribution in [3.8, 4) is 11.5 Å². The Kier molecular flexibility index (Phi) is 5.22. The summed E-state index contributed by atoms with van der Waals surface area (Å²) < 4.78 is 11.3. The summed E-state index contributed by atoms with van der Waals surface area (Å²) in [6, 6.07) is 12.3. The van der Waals surface area contributed by atoms with E-state index in [4.69, 9.17) is 14.6 Å². The number of aromatic carboxylic acids is 1. The van der Waals surface area contributed by atoms with Crippen LogP contribution in [-0.2, 0) is 0 Å². The lowest BCUT2D eigenvalue weighted by Crippen LogP contribution is -1.99. The van der Waals surface area contributed by atoms with Crippen molar-refractivity contribution in [2.24, 2.45) is 0 Å². The second kappa shape index (κ2) is 7.74. The zero-order valence-corrected chi connectivity index (χ0v) is 14.7. The maximum atomic E-state index is 10.9. The van der Waals surface area contributed by atoms with Crippen LogP contribution in [0.4, 0.5) is 11.5 Å². The van der Waals surface area contributed by atoms with Gasteiger partial charge in [-0.05, 0) is 61.7 Å². The number of nitrogens with one attached hydrogen (secondary N) is 1. The molecule has 0 aliphatic heterocycles. The molecule has 0 aliphatic rings. The minimum absolute atomic E-state index is 0.242. The molecule has 0 saturated heterocycles. The molecule has 0 unspecified atom stereocenters. The number of rotatable bonds is 7. The lowest BCUT2D eigenvalue weighted by atomic mass is 10.1. The summed E-state index contributed by atoms with van der Waals surface area (Å²) in [5.74, 6) is 1.11. The van der Waals surface area contributed by atoms with Gasteiger partial charge in [0.05, 0.1) is 18.8 Å². The van der Waals surface area contributed by atoms with Gasteiger partial charge in [0.15, 0.2) is 11.5 Å². The fourth-order valence-electron chi connectivity index (χ4n) is 2.60. The van der Waals surface area contributed by atoms with Gasteiger partial charge in [-0.3, -0.25) is 0 Å². The van der Waals surface area contributed by atoms with E-state index < -0.39 is 5.97 Å². The Bertz CT molecular complexity index is 923. The third-order valence-corrected chi connectivity index (χ3v) is 3.79. The molecule has 0 fully saturated rings. The Hall–Kier alpha value is -3.28. The number of fused-ring (bicyclic) bond motifs is 1. The number of benzene rings is 2. The molecule has 6 heteroatoms. The van der Waals surface area contributed by atoms with Gasteiger partial charge in [0.1, 0.15) is 5.82 Å². The number of hydrogen-bond donors (Lipinski definition) is 2. The number of ether oxygens (including phenoxy) is 2. The fraction of sp³-hybridized carbons (Fsp3) is 0.200. The van der Waals surface area contributed by atoms with Gasteiger partial charge in [0.2, 0.25) is 0 Å². The van der Waals surface area contributed by atoms with E-state index in [0.29, 0.717) is 30.5 Å². The van der Waals surface area contributed by atoms with Crippen molar-refractivity contribution in [2.45, 2.75) is 13.8 Å². The number of nitrogens with zero attached hydrogens (tertiary/aromatic N) is 1. The summed E-state index contributed by atoms with van der Waals surface area (Å²) >= 11 is 0. The molecule has 0 radical (unpaired) electrons. The van der Waals surface area contributed by atoms with Gasteiger partial charge in [-0.15, -0.1) is 0 Å². The van der Waals surface area contributed by atoms with Crippen molar-refractivity contribution in [2.75, 3.05) is 18.5 Å². The second-order valence-corrected chi connectivity index (χ2v) is 5.59. The van der Waals surface area contributed by atoms with E-state index in [-0.39, 0.29) is 5.56 Å². The van der Waals surface area contributed by atoms with Crippen LogP contribution in [0.2, 0.25) is 0 Å². The molecule has 0 aliphatic carbocycles. The summed E-state index contributed by atoms with van der Waals surface area (Å²) in [5, 5.41) is 14.1. The van der Waals surface area contributed by atoms with Gasteiger partial charge in [0.25, 0.3) is 0 Å². The smallest absolute Gasteiger partial charge is 0.335 e. The molecular weight excluding hydrogens is 332 g/mol. The van der Waals surface area contributed by atoms with Crippen LogP contribution in [0.3, 0.4) is 0 Å². The molecule has 2 aromatic carbocycles. The number of carboxylic acid groups (broad SMARTS) is 1. The maximum absolute atomic E-state index is 10.9. The molecule has 6 nitrogen and oxygen atoms in total. The lowest BCUT2D eigenvalue weighted by molar-refractivity contribution is 0.0697. The minimum atomic E-state index is -0.950. The normalized spacial score (nSPS) is 10.5.